The van der Waals surface area contributed by atoms with E-state index in [1.165, 1.54) is 10.4 Å². The Hall–Kier alpha value is -1.65. The third-order valence-electron chi connectivity index (χ3n) is 2.83. The van der Waals surface area contributed by atoms with Gasteiger partial charge in [-0.15, -0.1) is 11.3 Å². The molecule has 3 nitrogen and oxygen atoms in total. The topological polar surface area (TPSA) is 29.0 Å². The number of rotatable bonds is 2. The summed E-state index contributed by atoms with van der Waals surface area (Å²) in [5.41, 5.74) is 1.19. The molecule has 0 N–H and O–H groups in total. The van der Waals surface area contributed by atoms with Crippen molar-refractivity contribution in [3.63, 3.8) is 0 Å². The standard InChI is InChI=1S/C14H12ClN3S/c1-18(2)12-10-8-11(9-6-4-3-5-7-9)19-13(10)17-14(15)16-12/h3-8H,1-2H3. The third kappa shape index (κ3) is 2.29. The van der Waals surface area contributed by atoms with Crippen molar-refractivity contribution >= 4 is 39.0 Å². The molecule has 2 aromatic heterocycles. The first-order valence-electron chi connectivity index (χ1n) is 5.85. The number of fused-ring (bicyclic) bond motifs is 1. The first-order chi connectivity index (χ1) is 9.15. The van der Waals surface area contributed by atoms with Crippen LogP contribution in [0.15, 0.2) is 36.4 Å². The van der Waals surface area contributed by atoms with Gasteiger partial charge in [0, 0.05) is 19.0 Å². The predicted molar refractivity (Wildman–Crippen MR) is 82.2 cm³/mol. The second kappa shape index (κ2) is 4.79. The van der Waals surface area contributed by atoms with Crippen molar-refractivity contribution in [3.8, 4) is 10.4 Å². The Morgan fingerprint density at radius 3 is 2.53 bits per heavy atom. The molecule has 0 aliphatic heterocycles. The van der Waals surface area contributed by atoms with E-state index >= 15 is 0 Å². The van der Waals surface area contributed by atoms with E-state index in [0.29, 0.717) is 0 Å². The number of anilines is 1. The van der Waals surface area contributed by atoms with Crippen LogP contribution in [0, 0.1) is 0 Å². The van der Waals surface area contributed by atoms with Crippen molar-refractivity contribution in [3.05, 3.63) is 41.7 Å². The Bertz CT molecular complexity index is 722. The van der Waals surface area contributed by atoms with Gasteiger partial charge in [-0.3, -0.25) is 0 Å². The molecular weight excluding hydrogens is 278 g/mol. The van der Waals surface area contributed by atoms with E-state index in [2.05, 4.69) is 28.2 Å². The summed E-state index contributed by atoms with van der Waals surface area (Å²) in [5, 5.41) is 1.33. The summed E-state index contributed by atoms with van der Waals surface area (Å²) in [6.45, 7) is 0. The van der Waals surface area contributed by atoms with Crippen LogP contribution in [-0.2, 0) is 0 Å². The largest absolute Gasteiger partial charge is 0.362 e. The van der Waals surface area contributed by atoms with Crippen LogP contribution in [0.2, 0.25) is 5.28 Å². The molecule has 0 aliphatic carbocycles. The number of thiophene rings is 1. The maximum absolute atomic E-state index is 5.98. The lowest BCUT2D eigenvalue weighted by molar-refractivity contribution is 1.06. The highest BCUT2D eigenvalue weighted by molar-refractivity contribution is 7.22. The Kier molecular flexibility index (Phi) is 3.12. The fraction of sp³-hybridized carbons (Fsp3) is 0.143. The second-order valence-corrected chi connectivity index (χ2v) is 5.77. The van der Waals surface area contributed by atoms with Crippen molar-refractivity contribution in [2.24, 2.45) is 0 Å². The van der Waals surface area contributed by atoms with Crippen LogP contribution in [0.4, 0.5) is 5.82 Å². The Morgan fingerprint density at radius 2 is 1.84 bits per heavy atom. The van der Waals surface area contributed by atoms with Crippen LogP contribution < -0.4 is 4.90 Å². The Morgan fingerprint density at radius 1 is 1.11 bits per heavy atom. The average molecular weight is 290 g/mol. The van der Waals surface area contributed by atoms with Gasteiger partial charge in [0.25, 0.3) is 0 Å². The summed E-state index contributed by atoms with van der Waals surface area (Å²) in [5.74, 6) is 0.855. The van der Waals surface area contributed by atoms with Gasteiger partial charge in [0.2, 0.25) is 5.28 Å². The molecule has 0 aliphatic rings. The van der Waals surface area contributed by atoms with Crippen LogP contribution in [-0.4, -0.2) is 24.1 Å². The molecule has 1 aromatic carbocycles. The maximum Gasteiger partial charge on any atom is 0.225 e. The predicted octanol–water partition coefficient (Wildman–Crippen LogP) is 4.08. The molecule has 0 saturated heterocycles. The molecule has 0 unspecified atom stereocenters. The molecule has 96 valence electrons. The summed E-state index contributed by atoms with van der Waals surface area (Å²) in [6, 6.07) is 12.4. The van der Waals surface area contributed by atoms with E-state index in [1.807, 2.05) is 37.2 Å². The molecule has 5 heteroatoms. The highest BCUT2D eigenvalue weighted by atomic mass is 35.5. The third-order valence-corrected chi connectivity index (χ3v) is 4.07. The molecule has 2 heterocycles. The van der Waals surface area contributed by atoms with Crippen molar-refractivity contribution in [2.45, 2.75) is 0 Å². The second-order valence-electron chi connectivity index (χ2n) is 4.41. The zero-order valence-corrected chi connectivity index (χ0v) is 12.2. The van der Waals surface area contributed by atoms with Crippen LogP contribution in [0.25, 0.3) is 20.7 Å². The van der Waals surface area contributed by atoms with Crippen LogP contribution in [0.5, 0.6) is 0 Å². The molecule has 0 fully saturated rings. The van der Waals surface area contributed by atoms with Gasteiger partial charge in [-0.05, 0) is 23.2 Å². The van der Waals surface area contributed by atoms with Gasteiger partial charge in [-0.25, -0.2) is 4.98 Å². The van der Waals surface area contributed by atoms with Crippen LogP contribution >= 0.6 is 22.9 Å². The van der Waals surface area contributed by atoms with Gasteiger partial charge in [0.15, 0.2) is 0 Å². The summed E-state index contributed by atoms with van der Waals surface area (Å²) in [4.78, 5) is 12.7. The molecule has 0 atom stereocenters. The van der Waals surface area contributed by atoms with Crippen LogP contribution in [0.1, 0.15) is 0 Å². The average Bonchev–Trinajstić information content (AvgIpc) is 2.82. The lowest BCUT2D eigenvalue weighted by Crippen LogP contribution is -2.11. The zero-order chi connectivity index (χ0) is 13.4. The van der Waals surface area contributed by atoms with E-state index in [0.717, 1.165) is 16.0 Å². The number of hydrogen-bond acceptors (Lipinski definition) is 4. The molecule has 0 amide bonds. The molecule has 19 heavy (non-hydrogen) atoms. The molecular formula is C14H12ClN3S. The fourth-order valence-electron chi connectivity index (χ4n) is 1.97. The van der Waals surface area contributed by atoms with Crippen molar-refractivity contribution < 1.29 is 0 Å². The van der Waals surface area contributed by atoms with E-state index < -0.39 is 0 Å². The summed E-state index contributed by atoms with van der Waals surface area (Å²) >= 11 is 7.61. The summed E-state index contributed by atoms with van der Waals surface area (Å²) in [6.07, 6.45) is 0. The number of halogens is 1. The maximum atomic E-state index is 5.98. The minimum atomic E-state index is 0.290. The van der Waals surface area contributed by atoms with Crippen LogP contribution in [0.3, 0.4) is 0 Å². The van der Waals surface area contributed by atoms with Gasteiger partial charge >= 0.3 is 0 Å². The van der Waals surface area contributed by atoms with Gasteiger partial charge < -0.3 is 4.90 Å². The van der Waals surface area contributed by atoms with Gasteiger partial charge in [0.1, 0.15) is 10.6 Å². The molecule has 0 bridgehead atoms. The minimum absolute atomic E-state index is 0.290. The van der Waals surface area contributed by atoms with Gasteiger partial charge in [-0.2, -0.15) is 4.98 Å². The number of benzene rings is 1. The first kappa shape index (κ1) is 12.4. The first-order valence-corrected chi connectivity index (χ1v) is 7.04. The lowest BCUT2D eigenvalue weighted by atomic mass is 10.2. The van der Waals surface area contributed by atoms with E-state index in [-0.39, 0.29) is 5.28 Å². The molecule has 3 aromatic rings. The Labute approximate surface area is 120 Å². The number of aromatic nitrogens is 2. The molecule has 3 rings (SSSR count). The molecule has 0 spiro atoms. The normalized spacial score (nSPS) is 10.9. The van der Waals surface area contributed by atoms with Crippen molar-refractivity contribution in [1.29, 1.82) is 0 Å². The molecule has 0 saturated carbocycles. The minimum Gasteiger partial charge on any atom is -0.362 e. The SMILES string of the molecule is CN(C)c1nc(Cl)nc2sc(-c3ccccc3)cc12. The van der Waals surface area contributed by atoms with E-state index in [1.54, 1.807) is 11.3 Å². The lowest BCUT2D eigenvalue weighted by Gasteiger charge is -2.11. The number of nitrogens with zero attached hydrogens (tertiary/aromatic N) is 3. The summed E-state index contributed by atoms with van der Waals surface area (Å²) in [7, 11) is 3.91. The summed E-state index contributed by atoms with van der Waals surface area (Å²) < 4.78 is 0. The number of hydrogen-bond donors (Lipinski definition) is 0. The van der Waals surface area contributed by atoms with Gasteiger partial charge in [0.05, 0.1) is 5.39 Å². The highest BCUT2D eigenvalue weighted by Gasteiger charge is 2.13. The highest BCUT2D eigenvalue weighted by Crippen LogP contribution is 2.36. The Balaban J connectivity index is 2.23. The zero-order valence-electron chi connectivity index (χ0n) is 10.6. The van der Waals surface area contributed by atoms with Crippen molar-refractivity contribution in [1.82, 2.24) is 9.97 Å². The van der Waals surface area contributed by atoms with E-state index in [4.69, 9.17) is 11.6 Å². The quantitative estimate of drug-likeness (QED) is 0.666. The van der Waals surface area contributed by atoms with Gasteiger partial charge in [-0.1, -0.05) is 30.3 Å². The molecule has 0 radical (unpaired) electrons. The monoisotopic (exact) mass is 289 g/mol. The fourth-order valence-corrected chi connectivity index (χ4v) is 3.21. The van der Waals surface area contributed by atoms with E-state index in [9.17, 15) is 0 Å². The smallest absolute Gasteiger partial charge is 0.225 e. The van der Waals surface area contributed by atoms with Crippen molar-refractivity contribution in [2.75, 3.05) is 19.0 Å².